The summed E-state index contributed by atoms with van der Waals surface area (Å²) in [5, 5.41) is 3.37. The molecule has 2 atom stereocenters. The van der Waals surface area contributed by atoms with Crippen molar-refractivity contribution >= 4 is 44.8 Å². The van der Waals surface area contributed by atoms with Gasteiger partial charge in [0, 0.05) is 11.6 Å². The minimum atomic E-state index is -4.11. The van der Waals surface area contributed by atoms with Crippen molar-refractivity contribution in [3.8, 4) is 0 Å². The molecule has 1 saturated heterocycles. The van der Waals surface area contributed by atoms with E-state index in [9.17, 15) is 22.4 Å². The quantitative estimate of drug-likeness (QED) is 0.550. The lowest BCUT2D eigenvalue weighted by molar-refractivity contribution is -0.131. The minimum absolute atomic E-state index is 0.0373. The van der Waals surface area contributed by atoms with E-state index in [0.29, 0.717) is 10.6 Å². The molecule has 0 spiro atoms. The van der Waals surface area contributed by atoms with Crippen LogP contribution in [0.1, 0.15) is 17.2 Å². The maximum absolute atomic E-state index is 13.6. The summed E-state index contributed by atoms with van der Waals surface area (Å²) in [4.78, 5) is 28.4. The number of benzene rings is 3. The molecule has 0 radical (unpaired) electrons. The smallest absolute Gasteiger partial charge is 0.286 e. The molecule has 34 heavy (non-hydrogen) atoms. The number of hydrogen-bond donors (Lipinski definition) is 1. The Balaban J connectivity index is 1.57. The largest absolute Gasteiger partial charge is 0.341 e. The molecule has 7 nitrogen and oxygen atoms in total. The molecule has 0 aliphatic carbocycles. The third-order valence-corrected chi connectivity index (χ3v) is 7.37. The van der Waals surface area contributed by atoms with Gasteiger partial charge in [-0.3, -0.25) is 9.59 Å². The third kappa shape index (κ3) is 3.86. The van der Waals surface area contributed by atoms with Gasteiger partial charge < -0.3 is 10.2 Å². The van der Waals surface area contributed by atoms with Gasteiger partial charge in [0.15, 0.2) is 11.7 Å². The molecule has 2 aliphatic heterocycles. The number of sulfonamides is 1. The van der Waals surface area contributed by atoms with Gasteiger partial charge in [-0.25, -0.2) is 4.39 Å². The zero-order valence-corrected chi connectivity index (χ0v) is 19.1. The van der Waals surface area contributed by atoms with Gasteiger partial charge in [-0.05, 0) is 47.5 Å². The van der Waals surface area contributed by atoms with Gasteiger partial charge in [0.05, 0.1) is 5.69 Å². The standard InChI is InChI=1S/C24H17ClFN3O4S/c25-16-9-5-14(6-10-16)13-29-21(15-7-11-17(26)12-8-15)22(30)20(24(29)31)23-27-18-3-1-2-4-19(18)34(32,33)28-23/h1-12,20-21H,13H2,(H,27,28)/t20?,21-/m0/s1. The highest BCUT2D eigenvalue weighted by molar-refractivity contribution is 7.90. The Morgan fingerprint density at radius 1 is 0.971 bits per heavy atom. The molecule has 1 amide bonds. The summed E-state index contributed by atoms with van der Waals surface area (Å²) in [6.45, 7) is 0.0664. The Kier molecular flexibility index (Phi) is 5.45. The summed E-state index contributed by atoms with van der Waals surface area (Å²) >= 11 is 5.96. The molecular formula is C24H17ClFN3O4S. The van der Waals surface area contributed by atoms with Crippen LogP contribution in [0.25, 0.3) is 0 Å². The van der Waals surface area contributed by atoms with Crippen LogP contribution in [-0.2, 0) is 26.2 Å². The Hall–Kier alpha value is -3.56. The van der Waals surface area contributed by atoms with Crippen molar-refractivity contribution in [3.63, 3.8) is 0 Å². The van der Waals surface area contributed by atoms with E-state index in [1.807, 2.05) is 0 Å². The fourth-order valence-electron chi connectivity index (χ4n) is 4.18. The van der Waals surface area contributed by atoms with Crippen LogP contribution in [-0.4, -0.2) is 30.8 Å². The molecule has 3 aromatic rings. The summed E-state index contributed by atoms with van der Waals surface area (Å²) in [5.41, 5.74) is 1.37. The lowest BCUT2D eigenvalue weighted by Gasteiger charge is -2.24. The molecule has 0 aromatic heterocycles. The number of carbonyl (C=O) groups excluding carboxylic acids is 2. The zero-order chi connectivity index (χ0) is 24.0. The SMILES string of the molecule is O=C1C(C2=NS(=O)(=O)c3ccccc3N2)C(=O)N(Cc2ccc(Cl)cc2)[C@H]1c1ccc(F)cc1. The second-order valence-electron chi connectivity index (χ2n) is 7.95. The third-order valence-electron chi connectivity index (χ3n) is 5.77. The average Bonchev–Trinajstić information content (AvgIpc) is 3.05. The number of fused-ring (bicyclic) bond motifs is 1. The van der Waals surface area contributed by atoms with Gasteiger partial charge >= 0.3 is 0 Å². The summed E-state index contributed by atoms with van der Waals surface area (Å²) in [6, 6.07) is 17.2. The maximum Gasteiger partial charge on any atom is 0.286 e. The highest BCUT2D eigenvalue weighted by Crippen LogP contribution is 2.38. The van der Waals surface area contributed by atoms with Crippen molar-refractivity contribution in [2.75, 3.05) is 5.32 Å². The van der Waals surface area contributed by atoms with Crippen molar-refractivity contribution in [3.05, 3.63) is 94.8 Å². The Morgan fingerprint density at radius 3 is 2.35 bits per heavy atom. The number of rotatable bonds is 4. The van der Waals surface area contributed by atoms with E-state index in [-0.39, 0.29) is 23.0 Å². The number of nitrogens with zero attached hydrogens (tertiary/aromatic N) is 2. The van der Waals surface area contributed by atoms with Crippen LogP contribution in [0.15, 0.2) is 82.1 Å². The molecule has 0 saturated carbocycles. The number of ketones is 1. The van der Waals surface area contributed by atoms with Crippen LogP contribution in [0.2, 0.25) is 5.02 Å². The lowest BCUT2D eigenvalue weighted by Crippen LogP contribution is -2.37. The second kappa shape index (κ2) is 8.34. The molecule has 2 aliphatic rings. The molecule has 1 fully saturated rings. The zero-order valence-electron chi connectivity index (χ0n) is 17.5. The first-order chi connectivity index (χ1) is 16.2. The van der Waals surface area contributed by atoms with Crippen LogP contribution in [0.4, 0.5) is 10.1 Å². The number of anilines is 1. The molecule has 0 bridgehead atoms. The van der Waals surface area contributed by atoms with Gasteiger partial charge in [0.1, 0.15) is 22.6 Å². The summed E-state index contributed by atoms with van der Waals surface area (Å²) in [5.74, 6) is -3.34. The first-order valence-electron chi connectivity index (χ1n) is 10.3. The molecule has 1 N–H and O–H groups in total. The minimum Gasteiger partial charge on any atom is -0.341 e. The van der Waals surface area contributed by atoms with Gasteiger partial charge in [-0.1, -0.05) is 48.0 Å². The second-order valence-corrected chi connectivity index (χ2v) is 9.96. The number of carbonyl (C=O) groups is 2. The summed E-state index contributed by atoms with van der Waals surface area (Å²) in [7, 11) is -4.11. The molecule has 172 valence electrons. The Morgan fingerprint density at radius 2 is 1.65 bits per heavy atom. The average molecular weight is 498 g/mol. The molecule has 10 heteroatoms. The molecular weight excluding hydrogens is 481 g/mol. The van der Waals surface area contributed by atoms with E-state index >= 15 is 0 Å². The highest BCUT2D eigenvalue weighted by atomic mass is 35.5. The monoisotopic (exact) mass is 497 g/mol. The number of amides is 1. The van der Waals surface area contributed by atoms with E-state index in [1.165, 1.54) is 41.3 Å². The van der Waals surface area contributed by atoms with Crippen LogP contribution in [0, 0.1) is 11.7 Å². The van der Waals surface area contributed by atoms with Crippen LogP contribution >= 0.6 is 11.6 Å². The van der Waals surface area contributed by atoms with Crippen molar-refractivity contribution in [2.24, 2.45) is 10.3 Å². The summed E-state index contributed by atoms with van der Waals surface area (Å²) in [6.07, 6.45) is 0. The molecule has 5 rings (SSSR count). The van der Waals surface area contributed by atoms with E-state index in [2.05, 4.69) is 9.71 Å². The summed E-state index contributed by atoms with van der Waals surface area (Å²) < 4.78 is 42.8. The van der Waals surface area contributed by atoms with Gasteiger partial charge in [-0.2, -0.15) is 8.42 Å². The van der Waals surface area contributed by atoms with E-state index in [4.69, 9.17) is 11.6 Å². The van der Waals surface area contributed by atoms with Crippen LogP contribution in [0.5, 0.6) is 0 Å². The predicted octanol–water partition coefficient (Wildman–Crippen LogP) is 3.96. The number of likely N-dealkylation sites (tertiary alicyclic amines) is 1. The number of halogens is 2. The molecule has 3 aromatic carbocycles. The van der Waals surface area contributed by atoms with E-state index < -0.39 is 39.5 Å². The van der Waals surface area contributed by atoms with Gasteiger partial charge in [-0.15, -0.1) is 4.40 Å². The molecule has 2 heterocycles. The van der Waals surface area contributed by atoms with E-state index in [1.54, 1.807) is 36.4 Å². The van der Waals surface area contributed by atoms with Crippen molar-refractivity contribution in [2.45, 2.75) is 17.5 Å². The predicted molar refractivity (Wildman–Crippen MR) is 124 cm³/mol. The number of amidine groups is 1. The Bertz CT molecular complexity index is 1440. The maximum atomic E-state index is 13.6. The first kappa shape index (κ1) is 22.2. The van der Waals surface area contributed by atoms with Crippen LogP contribution < -0.4 is 5.32 Å². The van der Waals surface area contributed by atoms with Crippen LogP contribution in [0.3, 0.4) is 0 Å². The number of para-hydroxylation sites is 1. The van der Waals surface area contributed by atoms with Gasteiger partial charge in [0.25, 0.3) is 10.0 Å². The lowest BCUT2D eigenvalue weighted by atomic mass is 9.96. The normalized spacial score (nSPS) is 21.1. The Labute approximate surface area is 199 Å². The number of Topliss-reactive ketones (excluding diaryl/α,β-unsaturated/α-hetero) is 1. The number of nitrogens with one attached hydrogen (secondary N) is 1. The first-order valence-corrected chi connectivity index (χ1v) is 12.1. The van der Waals surface area contributed by atoms with Gasteiger partial charge in [0.2, 0.25) is 5.91 Å². The van der Waals surface area contributed by atoms with Crippen molar-refractivity contribution < 1.29 is 22.4 Å². The highest BCUT2D eigenvalue weighted by Gasteiger charge is 2.51. The van der Waals surface area contributed by atoms with Crippen molar-refractivity contribution in [1.82, 2.24) is 4.90 Å². The van der Waals surface area contributed by atoms with E-state index in [0.717, 1.165) is 5.56 Å². The molecule has 1 unspecified atom stereocenters. The fraction of sp³-hybridized carbons (Fsp3) is 0.125. The fourth-order valence-corrected chi connectivity index (χ4v) is 5.46. The van der Waals surface area contributed by atoms with Crippen molar-refractivity contribution in [1.29, 1.82) is 0 Å². The number of hydrogen-bond acceptors (Lipinski definition) is 5. The topological polar surface area (TPSA) is 95.9 Å².